The van der Waals surface area contributed by atoms with Gasteiger partial charge in [0.2, 0.25) is 0 Å². The summed E-state index contributed by atoms with van der Waals surface area (Å²) in [6.45, 7) is 5.55. The quantitative estimate of drug-likeness (QED) is 0.672. The third-order valence-corrected chi connectivity index (χ3v) is 5.58. The molecule has 1 N–H and O–H groups in total. The summed E-state index contributed by atoms with van der Waals surface area (Å²) >= 11 is 0. The first-order valence-electron chi connectivity index (χ1n) is 9.86. The average Bonchev–Trinajstić information content (AvgIpc) is 3.15. The highest BCUT2D eigenvalue weighted by molar-refractivity contribution is 5.82. The minimum atomic E-state index is 0.729. The van der Waals surface area contributed by atoms with E-state index in [4.69, 9.17) is 5.26 Å². The number of para-hydroxylation sites is 1. The summed E-state index contributed by atoms with van der Waals surface area (Å²) in [4.78, 5) is 8.37. The van der Waals surface area contributed by atoms with Crippen LogP contribution >= 0.6 is 0 Å². The molecule has 27 heavy (non-hydrogen) atoms. The Morgan fingerprint density at radius 1 is 0.926 bits per heavy atom. The number of benzene rings is 2. The molecule has 0 saturated carbocycles. The van der Waals surface area contributed by atoms with Gasteiger partial charge in [-0.25, -0.2) is 0 Å². The van der Waals surface area contributed by atoms with Gasteiger partial charge in [0.15, 0.2) is 0 Å². The first-order valence-corrected chi connectivity index (χ1v) is 9.86. The molecule has 0 radical (unpaired) electrons. The Hall–Kier alpha value is -2.77. The second-order valence-corrected chi connectivity index (χ2v) is 7.30. The van der Waals surface area contributed by atoms with E-state index >= 15 is 0 Å². The van der Waals surface area contributed by atoms with Gasteiger partial charge in [-0.05, 0) is 61.7 Å². The maximum Gasteiger partial charge on any atom is 0.0991 e. The van der Waals surface area contributed by atoms with Gasteiger partial charge >= 0.3 is 0 Å². The van der Waals surface area contributed by atoms with Crippen molar-refractivity contribution < 1.29 is 0 Å². The molecule has 1 fully saturated rings. The summed E-state index contributed by atoms with van der Waals surface area (Å²) in [6.07, 6.45) is 5.80. The molecule has 0 amide bonds. The minimum absolute atomic E-state index is 0.729. The van der Waals surface area contributed by atoms with Crippen molar-refractivity contribution in [2.24, 2.45) is 0 Å². The van der Waals surface area contributed by atoms with E-state index in [0.717, 1.165) is 38.2 Å². The van der Waals surface area contributed by atoms with Crippen LogP contribution in [0, 0.1) is 11.3 Å². The standard InChI is InChI=1S/C23H26N4/c24-17-19-8-10-21(11-9-19)27-15-13-26(14-16-27)12-4-3-5-20-18-25-23-7-2-1-6-22(20)23/h1-2,6-11,18,25H,3-5,12-16H2. The number of anilines is 1. The zero-order chi connectivity index (χ0) is 18.5. The zero-order valence-electron chi connectivity index (χ0n) is 15.7. The number of hydrogen-bond acceptors (Lipinski definition) is 3. The van der Waals surface area contributed by atoms with Crippen molar-refractivity contribution in [2.75, 3.05) is 37.6 Å². The topological polar surface area (TPSA) is 46.1 Å². The third kappa shape index (κ3) is 4.15. The second kappa shape index (κ2) is 8.28. The molecule has 1 aromatic heterocycles. The summed E-state index contributed by atoms with van der Waals surface area (Å²) in [5.41, 5.74) is 4.64. The molecule has 2 heterocycles. The van der Waals surface area contributed by atoms with Crippen LogP contribution in [0.4, 0.5) is 5.69 Å². The molecule has 0 unspecified atom stereocenters. The van der Waals surface area contributed by atoms with Crippen LogP contribution in [-0.4, -0.2) is 42.6 Å². The van der Waals surface area contributed by atoms with Gasteiger partial charge in [0.25, 0.3) is 0 Å². The molecule has 1 aliphatic heterocycles. The number of aromatic amines is 1. The Morgan fingerprint density at radius 3 is 2.48 bits per heavy atom. The smallest absolute Gasteiger partial charge is 0.0991 e. The van der Waals surface area contributed by atoms with Crippen LogP contribution in [0.2, 0.25) is 0 Å². The number of nitrogens with one attached hydrogen (secondary N) is 1. The number of aryl methyl sites for hydroxylation is 1. The number of rotatable bonds is 6. The highest BCUT2D eigenvalue weighted by atomic mass is 15.3. The third-order valence-electron chi connectivity index (χ3n) is 5.58. The Bertz CT molecular complexity index is 911. The lowest BCUT2D eigenvalue weighted by Gasteiger charge is -2.36. The van der Waals surface area contributed by atoms with Crippen molar-refractivity contribution in [3.8, 4) is 6.07 Å². The summed E-state index contributed by atoms with van der Waals surface area (Å²) in [7, 11) is 0. The second-order valence-electron chi connectivity index (χ2n) is 7.30. The van der Waals surface area contributed by atoms with Crippen LogP contribution < -0.4 is 4.90 Å². The predicted molar refractivity (Wildman–Crippen MR) is 111 cm³/mol. The highest BCUT2D eigenvalue weighted by Crippen LogP contribution is 2.20. The lowest BCUT2D eigenvalue weighted by molar-refractivity contribution is 0.253. The number of piperazine rings is 1. The molecule has 0 aliphatic carbocycles. The number of unbranched alkanes of at least 4 members (excludes halogenated alkanes) is 1. The van der Waals surface area contributed by atoms with Crippen LogP contribution in [0.5, 0.6) is 0 Å². The van der Waals surface area contributed by atoms with Crippen LogP contribution in [0.25, 0.3) is 10.9 Å². The summed E-state index contributed by atoms with van der Waals surface area (Å²) in [6, 6.07) is 18.7. The molecule has 3 aromatic rings. The van der Waals surface area contributed by atoms with Gasteiger partial charge in [0.1, 0.15) is 0 Å². The molecule has 1 saturated heterocycles. The van der Waals surface area contributed by atoms with Gasteiger partial charge in [-0.1, -0.05) is 18.2 Å². The van der Waals surface area contributed by atoms with E-state index in [1.807, 2.05) is 12.1 Å². The molecule has 2 aromatic carbocycles. The number of fused-ring (bicyclic) bond motifs is 1. The number of H-pyrrole nitrogens is 1. The molecule has 0 spiro atoms. The monoisotopic (exact) mass is 358 g/mol. The van der Waals surface area contributed by atoms with Crippen LogP contribution in [0.1, 0.15) is 24.0 Å². The first-order chi connectivity index (χ1) is 13.3. The number of nitriles is 1. The summed E-state index contributed by atoms with van der Waals surface area (Å²) in [5.74, 6) is 0. The molecule has 0 atom stereocenters. The molecule has 4 heteroatoms. The normalized spacial score (nSPS) is 15.1. The maximum atomic E-state index is 8.92. The van der Waals surface area contributed by atoms with Gasteiger partial charge in [0, 0.05) is 49.0 Å². The minimum Gasteiger partial charge on any atom is -0.369 e. The SMILES string of the molecule is N#Cc1ccc(N2CCN(CCCCc3c[nH]c4ccccc34)CC2)cc1. The van der Waals surface area contributed by atoms with Gasteiger partial charge in [0.05, 0.1) is 11.6 Å². The van der Waals surface area contributed by atoms with Crippen molar-refractivity contribution in [3.05, 3.63) is 65.9 Å². The molecular weight excluding hydrogens is 332 g/mol. The maximum absolute atomic E-state index is 8.92. The zero-order valence-corrected chi connectivity index (χ0v) is 15.7. The number of nitrogens with zero attached hydrogens (tertiary/aromatic N) is 3. The largest absolute Gasteiger partial charge is 0.369 e. The lowest BCUT2D eigenvalue weighted by Crippen LogP contribution is -2.46. The fourth-order valence-electron chi connectivity index (χ4n) is 3.97. The lowest BCUT2D eigenvalue weighted by atomic mass is 10.1. The molecule has 0 bridgehead atoms. The molecule has 138 valence electrons. The average molecular weight is 358 g/mol. The van der Waals surface area contributed by atoms with E-state index in [9.17, 15) is 0 Å². The van der Waals surface area contributed by atoms with Gasteiger partial charge < -0.3 is 9.88 Å². The van der Waals surface area contributed by atoms with E-state index in [1.165, 1.54) is 41.5 Å². The summed E-state index contributed by atoms with van der Waals surface area (Å²) in [5, 5.41) is 10.3. The van der Waals surface area contributed by atoms with E-state index in [0.29, 0.717) is 0 Å². The molecular formula is C23H26N4. The molecule has 4 rings (SSSR count). The highest BCUT2D eigenvalue weighted by Gasteiger charge is 2.16. The number of aromatic nitrogens is 1. The Morgan fingerprint density at radius 2 is 1.70 bits per heavy atom. The van der Waals surface area contributed by atoms with E-state index in [2.05, 4.69) is 63.4 Å². The first kappa shape index (κ1) is 17.6. The Kier molecular flexibility index (Phi) is 5.41. The van der Waals surface area contributed by atoms with E-state index in [1.54, 1.807) is 0 Å². The van der Waals surface area contributed by atoms with E-state index < -0.39 is 0 Å². The van der Waals surface area contributed by atoms with E-state index in [-0.39, 0.29) is 0 Å². The fourth-order valence-corrected chi connectivity index (χ4v) is 3.97. The van der Waals surface area contributed by atoms with Crippen molar-refractivity contribution in [1.29, 1.82) is 5.26 Å². The Balaban J connectivity index is 1.20. The number of hydrogen-bond donors (Lipinski definition) is 1. The van der Waals surface area contributed by atoms with Crippen LogP contribution in [0.15, 0.2) is 54.7 Å². The van der Waals surface area contributed by atoms with Crippen molar-refractivity contribution in [3.63, 3.8) is 0 Å². The van der Waals surface area contributed by atoms with Crippen LogP contribution in [0.3, 0.4) is 0 Å². The van der Waals surface area contributed by atoms with Gasteiger partial charge in [-0.3, -0.25) is 4.90 Å². The van der Waals surface area contributed by atoms with Gasteiger partial charge in [-0.2, -0.15) is 5.26 Å². The Labute approximate surface area is 161 Å². The summed E-state index contributed by atoms with van der Waals surface area (Å²) < 4.78 is 0. The van der Waals surface area contributed by atoms with Crippen molar-refractivity contribution >= 4 is 16.6 Å². The predicted octanol–water partition coefficient (Wildman–Crippen LogP) is 4.18. The fraction of sp³-hybridized carbons (Fsp3) is 0.348. The molecule has 4 nitrogen and oxygen atoms in total. The van der Waals surface area contributed by atoms with Crippen molar-refractivity contribution in [2.45, 2.75) is 19.3 Å². The van der Waals surface area contributed by atoms with Gasteiger partial charge in [-0.15, -0.1) is 0 Å². The molecule has 1 aliphatic rings. The van der Waals surface area contributed by atoms with Crippen LogP contribution in [-0.2, 0) is 6.42 Å². The van der Waals surface area contributed by atoms with Crippen molar-refractivity contribution in [1.82, 2.24) is 9.88 Å².